The van der Waals surface area contributed by atoms with Crippen molar-refractivity contribution in [1.29, 1.82) is 0 Å². The number of nitrogens with zero attached hydrogens (tertiary/aromatic N) is 2. The molecule has 56 valence electrons. The summed E-state index contributed by atoms with van der Waals surface area (Å²) in [5.41, 5.74) is 2.34. The van der Waals surface area contributed by atoms with Crippen molar-refractivity contribution in [1.82, 2.24) is 5.01 Å². The zero-order valence-corrected chi connectivity index (χ0v) is 6.07. The molecule has 2 aliphatic rings. The van der Waals surface area contributed by atoms with Crippen molar-refractivity contribution in [2.24, 2.45) is 10.8 Å². The third-order valence-corrected chi connectivity index (χ3v) is 1.71. The van der Waals surface area contributed by atoms with Crippen molar-refractivity contribution in [3.8, 4) is 0 Å². The van der Waals surface area contributed by atoms with Crippen LogP contribution in [0, 0.1) is 0 Å². The highest BCUT2D eigenvalue weighted by molar-refractivity contribution is 5.86. The Hall–Kier alpha value is -1.35. The van der Waals surface area contributed by atoms with E-state index < -0.39 is 0 Å². The summed E-state index contributed by atoms with van der Waals surface area (Å²) in [5, 5.41) is 1.66. The lowest BCUT2D eigenvalue weighted by molar-refractivity contribution is 0.450. The Labute approximate surface area is 65.2 Å². The maximum absolute atomic E-state index is 5.58. The van der Waals surface area contributed by atoms with Gasteiger partial charge < -0.3 is 5.01 Å². The summed E-state index contributed by atoms with van der Waals surface area (Å²) in [5.74, 6) is 5.58. The van der Waals surface area contributed by atoms with Crippen LogP contribution in [-0.4, -0.2) is 17.8 Å². The lowest BCUT2D eigenvalue weighted by atomic mass is 10.1. The van der Waals surface area contributed by atoms with Crippen LogP contribution >= 0.6 is 0 Å². The van der Waals surface area contributed by atoms with E-state index in [-0.39, 0.29) is 0 Å². The summed E-state index contributed by atoms with van der Waals surface area (Å²) in [4.78, 5) is 4.04. The van der Waals surface area contributed by atoms with E-state index in [1.807, 2.05) is 24.6 Å². The van der Waals surface area contributed by atoms with Crippen molar-refractivity contribution < 1.29 is 0 Å². The van der Waals surface area contributed by atoms with Gasteiger partial charge in [0.25, 0.3) is 0 Å². The van der Waals surface area contributed by atoms with Crippen LogP contribution in [0.3, 0.4) is 0 Å². The zero-order valence-electron chi connectivity index (χ0n) is 6.07. The molecule has 2 rings (SSSR count). The van der Waals surface area contributed by atoms with Crippen molar-refractivity contribution in [2.45, 2.75) is 0 Å². The lowest BCUT2D eigenvalue weighted by Gasteiger charge is -2.03. The van der Waals surface area contributed by atoms with Gasteiger partial charge in [-0.1, -0.05) is 6.08 Å². The topological polar surface area (TPSA) is 41.6 Å². The van der Waals surface area contributed by atoms with Gasteiger partial charge in [-0.2, -0.15) is 0 Å². The summed E-state index contributed by atoms with van der Waals surface area (Å²) in [6.07, 6.45) is 9.44. The zero-order chi connectivity index (χ0) is 7.68. The monoisotopic (exact) mass is 147 g/mol. The van der Waals surface area contributed by atoms with Gasteiger partial charge in [0.1, 0.15) is 0 Å². The fourth-order valence-corrected chi connectivity index (χ4v) is 1.19. The van der Waals surface area contributed by atoms with Gasteiger partial charge in [0.05, 0.1) is 6.54 Å². The highest BCUT2D eigenvalue weighted by Crippen LogP contribution is 2.17. The van der Waals surface area contributed by atoms with Gasteiger partial charge in [0, 0.05) is 24.2 Å². The molecule has 0 aliphatic carbocycles. The predicted octanol–water partition coefficient (Wildman–Crippen LogP) is 0.584. The van der Waals surface area contributed by atoms with Crippen LogP contribution in [-0.2, 0) is 0 Å². The van der Waals surface area contributed by atoms with Crippen LogP contribution in [0.4, 0.5) is 0 Å². The first-order valence-electron chi connectivity index (χ1n) is 3.49. The molecule has 0 bridgehead atoms. The summed E-state index contributed by atoms with van der Waals surface area (Å²) < 4.78 is 0. The first-order chi connectivity index (χ1) is 5.36. The molecule has 2 aliphatic heterocycles. The number of hydrogen-bond donors (Lipinski definition) is 1. The molecule has 3 heteroatoms. The Bertz CT molecular complexity index is 284. The largest absolute Gasteiger partial charge is 0.313 e. The average molecular weight is 147 g/mol. The third-order valence-electron chi connectivity index (χ3n) is 1.71. The Kier molecular flexibility index (Phi) is 1.36. The molecule has 11 heavy (non-hydrogen) atoms. The Morgan fingerprint density at radius 3 is 3.36 bits per heavy atom. The molecule has 0 aromatic rings. The van der Waals surface area contributed by atoms with E-state index in [0.29, 0.717) is 0 Å². The summed E-state index contributed by atoms with van der Waals surface area (Å²) >= 11 is 0. The predicted molar refractivity (Wildman–Crippen MR) is 44.7 cm³/mol. The maximum atomic E-state index is 5.58. The van der Waals surface area contributed by atoms with Crippen molar-refractivity contribution in [3.05, 3.63) is 35.7 Å². The molecule has 0 unspecified atom stereocenters. The minimum absolute atomic E-state index is 0.783. The molecule has 2 heterocycles. The SMILES string of the molecule is NN1C=C2C=NC=CC=C2C1. The smallest absolute Gasteiger partial charge is 0.0592 e. The highest BCUT2D eigenvalue weighted by atomic mass is 15.4. The third kappa shape index (κ3) is 1.10. The van der Waals surface area contributed by atoms with Crippen molar-refractivity contribution in [3.63, 3.8) is 0 Å². The summed E-state index contributed by atoms with van der Waals surface area (Å²) in [6, 6.07) is 0. The van der Waals surface area contributed by atoms with E-state index in [1.165, 1.54) is 5.57 Å². The standard InChI is InChI=1S/C8H9N3/c9-11-5-7-2-1-3-10-4-8(7)6-11/h1-4,6H,5,9H2. The van der Waals surface area contributed by atoms with Crippen LogP contribution in [0.1, 0.15) is 0 Å². The Balaban J connectivity index is 2.39. The van der Waals surface area contributed by atoms with Gasteiger partial charge in [-0.3, -0.25) is 4.99 Å². The average Bonchev–Trinajstić information content (AvgIpc) is 2.17. The van der Waals surface area contributed by atoms with E-state index in [0.717, 1.165) is 12.1 Å². The fraction of sp³-hybridized carbons (Fsp3) is 0.125. The molecule has 0 aromatic heterocycles. The molecule has 0 saturated carbocycles. The van der Waals surface area contributed by atoms with E-state index >= 15 is 0 Å². The van der Waals surface area contributed by atoms with E-state index in [1.54, 1.807) is 11.2 Å². The first-order valence-corrected chi connectivity index (χ1v) is 3.49. The molecular weight excluding hydrogens is 138 g/mol. The van der Waals surface area contributed by atoms with Crippen LogP contribution in [0.15, 0.2) is 40.7 Å². The van der Waals surface area contributed by atoms with Crippen LogP contribution in [0.25, 0.3) is 0 Å². The molecule has 0 saturated heterocycles. The normalized spacial score (nSPS) is 21.0. The minimum Gasteiger partial charge on any atom is -0.313 e. The van der Waals surface area contributed by atoms with Crippen LogP contribution < -0.4 is 5.84 Å². The molecule has 2 N–H and O–H groups in total. The fourth-order valence-electron chi connectivity index (χ4n) is 1.19. The molecule has 3 nitrogen and oxygen atoms in total. The summed E-state index contributed by atoms with van der Waals surface area (Å²) in [7, 11) is 0. The first kappa shape index (κ1) is 6.37. The van der Waals surface area contributed by atoms with E-state index in [2.05, 4.69) is 4.99 Å². The van der Waals surface area contributed by atoms with Gasteiger partial charge in [0.15, 0.2) is 0 Å². The molecule has 0 atom stereocenters. The number of allylic oxidation sites excluding steroid dienone is 2. The lowest BCUT2D eigenvalue weighted by Crippen LogP contribution is -2.22. The molecule has 0 radical (unpaired) electrons. The second-order valence-electron chi connectivity index (χ2n) is 2.57. The number of aliphatic imine (C=N–C) groups is 1. The van der Waals surface area contributed by atoms with Gasteiger partial charge >= 0.3 is 0 Å². The molecule has 0 aromatic carbocycles. The molecule has 0 fully saturated rings. The van der Waals surface area contributed by atoms with Gasteiger partial charge in [-0.05, 0) is 11.6 Å². The Morgan fingerprint density at radius 2 is 2.45 bits per heavy atom. The number of rotatable bonds is 0. The second kappa shape index (κ2) is 2.36. The van der Waals surface area contributed by atoms with Crippen molar-refractivity contribution >= 4 is 6.21 Å². The number of nitrogens with two attached hydrogens (primary N) is 1. The number of hydrogen-bond acceptors (Lipinski definition) is 3. The Morgan fingerprint density at radius 1 is 1.55 bits per heavy atom. The number of hydrazine groups is 1. The second-order valence-corrected chi connectivity index (χ2v) is 2.57. The summed E-state index contributed by atoms with van der Waals surface area (Å²) in [6.45, 7) is 0.783. The van der Waals surface area contributed by atoms with Crippen LogP contribution in [0.2, 0.25) is 0 Å². The van der Waals surface area contributed by atoms with E-state index in [4.69, 9.17) is 5.84 Å². The van der Waals surface area contributed by atoms with E-state index in [9.17, 15) is 0 Å². The highest BCUT2D eigenvalue weighted by Gasteiger charge is 2.13. The quantitative estimate of drug-likeness (QED) is 0.509. The minimum atomic E-state index is 0.783. The van der Waals surface area contributed by atoms with Gasteiger partial charge in [-0.25, -0.2) is 5.84 Å². The van der Waals surface area contributed by atoms with Crippen molar-refractivity contribution in [2.75, 3.05) is 6.54 Å². The van der Waals surface area contributed by atoms with Gasteiger partial charge in [-0.15, -0.1) is 0 Å². The molecule has 0 amide bonds. The van der Waals surface area contributed by atoms with Crippen LogP contribution in [0.5, 0.6) is 0 Å². The molecular formula is C8H9N3. The molecule has 0 spiro atoms. The van der Waals surface area contributed by atoms with Gasteiger partial charge in [0.2, 0.25) is 0 Å². The maximum Gasteiger partial charge on any atom is 0.0592 e. The number of fused-ring (bicyclic) bond motifs is 1.